The molecule has 116 valence electrons. The van der Waals surface area contributed by atoms with Crippen LogP contribution in [0.5, 0.6) is 5.75 Å². The van der Waals surface area contributed by atoms with Crippen LogP contribution in [0.15, 0.2) is 18.2 Å². The maximum atomic E-state index is 11.4. The number of hydrogen-bond acceptors (Lipinski definition) is 4. The van der Waals surface area contributed by atoms with Gasteiger partial charge in [-0.3, -0.25) is 0 Å². The van der Waals surface area contributed by atoms with Gasteiger partial charge in [0.05, 0.1) is 23.8 Å². The molecule has 0 fully saturated rings. The molecule has 0 radical (unpaired) electrons. The van der Waals surface area contributed by atoms with Crippen LogP contribution >= 0.6 is 11.6 Å². The molecular formula is C14H19ClN2O3S. The predicted molar refractivity (Wildman–Crippen MR) is 84.8 cm³/mol. The number of aryl methyl sites for hydroxylation is 1. The number of alkyl halides is 1. The quantitative estimate of drug-likeness (QED) is 0.732. The fraction of sp³-hybridized carbons (Fsp3) is 0.500. The van der Waals surface area contributed by atoms with Gasteiger partial charge in [0.2, 0.25) is 0 Å². The summed E-state index contributed by atoms with van der Waals surface area (Å²) in [5, 5.41) is 0. The average molecular weight is 331 g/mol. The number of rotatable bonds is 7. The van der Waals surface area contributed by atoms with Gasteiger partial charge in [-0.1, -0.05) is 13.0 Å². The van der Waals surface area contributed by atoms with Crippen molar-refractivity contribution in [2.24, 2.45) is 0 Å². The Morgan fingerprint density at radius 1 is 1.38 bits per heavy atom. The maximum Gasteiger partial charge on any atom is 0.149 e. The van der Waals surface area contributed by atoms with Gasteiger partial charge in [0, 0.05) is 12.8 Å². The zero-order chi connectivity index (χ0) is 15.5. The third kappa shape index (κ3) is 3.89. The molecule has 0 atom stereocenters. The molecule has 0 N–H and O–H groups in total. The number of para-hydroxylation sites is 1. The summed E-state index contributed by atoms with van der Waals surface area (Å²) in [5.41, 5.74) is 1.58. The summed E-state index contributed by atoms with van der Waals surface area (Å²) in [6.07, 6.45) is 2.13. The molecule has 0 aliphatic rings. The van der Waals surface area contributed by atoms with Gasteiger partial charge in [-0.05, 0) is 18.6 Å². The first-order valence-corrected chi connectivity index (χ1v) is 9.40. The van der Waals surface area contributed by atoms with E-state index in [1.807, 2.05) is 29.7 Å². The van der Waals surface area contributed by atoms with E-state index in [1.54, 1.807) is 0 Å². The number of sulfone groups is 1. The van der Waals surface area contributed by atoms with Crippen molar-refractivity contribution >= 4 is 32.5 Å². The average Bonchev–Trinajstić information content (AvgIpc) is 2.80. The van der Waals surface area contributed by atoms with E-state index in [9.17, 15) is 8.42 Å². The van der Waals surface area contributed by atoms with Gasteiger partial charge in [-0.2, -0.15) is 0 Å². The fourth-order valence-corrected chi connectivity index (χ4v) is 2.82. The second kappa shape index (κ2) is 6.66. The molecule has 0 unspecified atom stereocenters. The first-order chi connectivity index (χ1) is 9.96. The van der Waals surface area contributed by atoms with E-state index in [0.29, 0.717) is 24.7 Å². The number of ether oxygens (including phenoxy) is 1. The van der Waals surface area contributed by atoms with E-state index in [4.69, 9.17) is 16.3 Å². The van der Waals surface area contributed by atoms with Crippen LogP contribution < -0.4 is 4.74 Å². The van der Waals surface area contributed by atoms with Crippen molar-refractivity contribution in [1.29, 1.82) is 0 Å². The van der Waals surface area contributed by atoms with Crippen LogP contribution in [-0.2, 0) is 22.3 Å². The van der Waals surface area contributed by atoms with E-state index in [2.05, 4.69) is 4.98 Å². The first kappa shape index (κ1) is 16.1. The van der Waals surface area contributed by atoms with E-state index in [-0.39, 0.29) is 11.6 Å². The number of fused-ring (bicyclic) bond motifs is 1. The molecule has 2 aromatic rings. The second-order valence-corrected chi connectivity index (χ2v) is 7.44. The van der Waals surface area contributed by atoms with Gasteiger partial charge in [0.15, 0.2) is 0 Å². The summed E-state index contributed by atoms with van der Waals surface area (Å²) >= 11 is 5.94. The van der Waals surface area contributed by atoms with Crippen LogP contribution in [0.3, 0.4) is 0 Å². The molecule has 0 aliphatic heterocycles. The lowest BCUT2D eigenvalue weighted by Gasteiger charge is -2.08. The normalized spacial score (nSPS) is 12.0. The Balaban J connectivity index is 2.44. The minimum Gasteiger partial charge on any atom is -0.491 e. The van der Waals surface area contributed by atoms with Crippen molar-refractivity contribution in [2.75, 3.05) is 18.6 Å². The molecule has 1 heterocycles. The van der Waals surface area contributed by atoms with E-state index >= 15 is 0 Å². The summed E-state index contributed by atoms with van der Waals surface area (Å²) in [4.78, 5) is 4.50. The Hall–Kier alpha value is -1.27. The topological polar surface area (TPSA) is 61.2 Å². The highest BCUT2D eigenvalue weighted by molar-refractivity contribution is 7.90. The Morgan fingerprint density at radius 3 is 2.76 bits per heavy atom. The summed E-state index contributed by atoms with van der Waals surface area (Å²) in [6, 6.07) is 5.65. The molecule has 2 rings (SSSR count). The largest absolute Gasteiger partial charge is 0.491 e. The molecule has 0 saturated carbocycles. The minimum absolute atomic E-state index is 0.0579. The van der Waals surface area contributed by atoms with Crippen molar-refractivity contribution in [3.63, 3.8) is 0 Å². The maximum absolute atomic E-state index is 11.4. The zero-order valence-electron chi connectivity index (χ0n) is 12.2. The number of nitrogens with zero attached hydrogens (tertiary/aromatic N) is 2. The highest BCUT2D eigenvalue weighted by Crippen LogP contribution is 2.27. The molecule has 0 spiro atoms. The molecule has 1 aromatic carbocycles. The molecule has 0 bridgehead atoms. The van der Waals surface area contributed by atoms with E-state index in [0.717, 1.165) is 17.5 Å². The molecule has 5 nitrogen and oxygen atoms in total. The highest BCUT2D eigenvalue weighted by atomic mass is 35.5. The van der Waals surface area contributed by atoms with Gasteiger partial charge in [0.1, 0.15) is 26.9 Å². The Labute approximate surface area is 129 Å². The minimum atomic E-state index is -3.04. The Kier molecular flexibility index (Phi) is 5.11. The monoisotopic (exact) mass is 330 g/mol. The lowest BCUT2D eigenvalue weighted by Crippen LogP contribution is -2.12. The van der Waals surface area contributed by atoms with Crippen LogP contribution in [-0.4, -0.2) is 36.6 Å². The molecule has 0 amide bonds. The fourth-order valence-electron chi connectivity index (χ4n) is 2.11. The van der Waals surface area contributed by atoms with Crippen LogP contribution in [0.4, 0.5) is 0 Å². The van der Waals surface area contributed by atoms with Crippen LogP contribution in [0.1, 0.15) is 19.2 Å². The standard InChI is InChI=1S/C14H19ClN2O3S/c1-3-8-20-12-6-4-5-11-14(12)16-13(10-15)17(11)7-9-21(2,18)19/h4-6H,3,7-10H2,1-2H3. The molecule has 7 heteroatoms. The predicted octanol–water partition coefficient (Wildman–Crippen LogP) is 2.61. The molecular weight excluding hydrogens is 312 g/mol. The van der Waals surface area contributed by atoms with Crippen molar-refractivity contribution in [3.05, 3.63) is 24.0 Å². The second-order valence-electron chi connectivity index (χ2n) is 4.92. The van der Waals surface area contributed by atoms with Crippen molar-refractivity contribution in [1.82, 2.24) is 9.55 Å². The van der Waals surface area contributed by atoms with Crippen molar-refractivity contribution < 1.29 is 13.2 Å². The first-order valence-electron chi connectivity index (χ1n) is 6.81. The Bertz CT molecular complexity index is 725. The van der Waals surface area contributed by atoms with Gasteiger partial charge in [-0.15, -0.1) is 11.6 Å². The number of aromatic nitrogens is 2. The molecule has 1 aromatic heterocycles. The number of benzene rings is 1. The number of halogens is 1. The van der Waals surface area contributed by atoms with E-state index < -0.39 is 9.84 Å². The Morgan fingerprint density at radius 2 is 2.14 bits per heavy atom. The van der Waals surface area contributed by atoms with Crippen LogP contribution in [0.2, 0.25) is 0 Å². The van der Waals surface area contributed by atoms with Gasteiger partial charge < -0.3 is 9.30 Å². The highest BCUT2D eigenvalue weighted by Gasteiger charge is 2.15. The van der Waals surface area contributed by atoms with Crippen molar-refractivity contribution in [2.45, 2.75) is 25.8 Å². The number of imidazole rings is 1. The van der Waals surface area contributed by atoms with Crippen LogP contribution in [0, 0.1) is 0 Å². The summed E-state index contributed by atoms with van der Waals surface area (Å²) in [6.45, 7) is 3.00. The lowest BCUT2D eigenvalue weighted by molar-refractivity contribution is 0.320. The number of hydrogen-bond donors (Lipinski definition) is 0. The third-order valence-corrected chi connectivity index (χ3v) is 4.25. The summed E-state index contributed by atoms with van der Waals surface area (Å²) < 4.78 is 30.3. The summed E-state index contributed by atoms with van der Waals surface area (Å²) in [5.74, 6) is 1.65. The van der Waals surface area contributed by atoms with Gasteiger partial charge in [0.25, 0.3) is 0 Å². The molecule has 0 aliphatic carbocycles. The molecule has 0 saturated heterocycles. The molecule has 21 heavy (non-hydrogen) atoms. The SMILES string of the molecule is CCCOc1cccc2c1nc(CCl)n2CCS(C)(=O)=O. The van der Waals surface area contributed by atoms with Gasteiger partial charge >= 0.3 is 0 Å². The third-order valence-electron chi connectivity index (χ3n) is 3.09. The van der Waals surface area contributed by atoms with Crippen LogP contribution in [0.25, 0.3) is 11.0 Å². The van der Waals surface area contributed by atoms with Gasteiger partial charge in [-0.25, -0.2) is 13.4 Å². The zero-order valence-corrected chi connectivity index (χ0v) is 13.7. The lowest BCUT2D eigenvalue weighted by atomic mass is 10.3. The van der Waals surface area contributed by atoms with E-state index in [1.165, 1.54) is 6.26 Å². The summed E-state index contributed by atoms with van der Waals surface area (Å²) in [7, 11) is -3.04. The van der Waals surface area contributed by atoms with Crippen molar-refractivity contribution in [3.8, 4) is 5.75 Å². The smallest absolute Gasteiger partial charge is 0.149 e.